The van der Waals surface area contributed by atoms with Gasteiger partial charge in [-0.25, -0.2) is 0 Å². The first-order valence-corrected chi connectivity index (χ1v) is 8.92. The quantitative estimate of drug-likeness (QED) is 0.469. The van der Waals surface area contributed by atoms with Crippen LogP contribution in [0, 0.1) is 0 Å². The van der Waals surface area contributed by atoms with E-state index in [1.165, 1.54) is 0 Å². The van der Waals surface area contributed by atoms with Crippen LogP contribution in [0.2, 0.25) is 5.02 Å². The van der Waals surface area contributed by atoms with Gasteiger partial charge >= 0.3 is 0 Å². The van der Waals surface area contributed by atoms with Crippen LogP contribution >= 0.6 is 11.6 Å². The van der Waals surface area contributed by atoms with Crippen molar-refractivity contribution in [2.45, 2.75) is 0 Å². The number of aromatic nitrogens is 1. The van der Waals surface area contributed by atoms with Gasteiger partial charge in [0, 0.05) is 21.7 Å². The lowest BCUT2D eigenvalue weighted by molar-refractivity contribution is 0.102. The summed E-state index contributed by atoms with van der Waals surface area (Å²) in [5.74, 6) is -0.397. The highest BCUT2D eigenvalue weighted by atomic mass is 35.5. The van der Waals surface area contributed by atoms with E-state index in [1.807, 2.05) is 6.07 Å². The topological polar surface area (TPSA) is 82.2 Å². The van der Waals surface area contributed by atoms with Crippen molar-refractivity contribution in [1.29, 1.82) is 0 Å². The number of benzene rings is 3. The van der Waals surface area contributed by atoms with E-state index in [-0.39, 0.29) is 17.2 Å². The maximum atomic E-state index is 12.6. The Labute approximate surface area is 165 Å². The number of carbonyl (C=O) groups excluding carboxylic acids is 1. The maximum Gasteiger partial charge on any atom is 0.260 e. The molecule has 0 bridgehead atoms. The number of pyridine rings is 1. The van der Waals surface area contributed by atoms with Gasteiger partial charge in [-0.1, -0.05) is 41.9 Å². The van der Waals surface area contributed by atoms with Crippen molar-refractivity contribution in [3.8, 4) is 16.9 Å². The Morgan fingerprint density at radius 3 is 2.54 bits per heavy atom. The maximum absolute atomic E-state index is 12.6. The lowest BCUT2D eigenvalue weighted by atomic mass is 10.0. The van der Waals surface area contributed by atoms with Crippen molar-refractivity contribution in [3.63, 3.8) is 0 Å². The lowest BCUT2D eigenvalue weighted by Crippen LogP contribution is -2.12. The van der Waals surface area contributed by atoms with Crippen LogP contribution in [-0.2, 0) is 0 Å². The minimum Gasteiger partial charge on any atom is -0.506 e. The van der Waals surface area contributed by atoms with Crippen molar-refractivity contribution in [3.05, 3.63) is 93.7 Å². The van der Waals surface area contributed by atoms with Crippen molar-refractivity contribution in [1.82, 2.24) is 4.98 Å². The number of hydrogen-bond donors (Lipinski definition) is 3. The number of aromatic hydroxyl groups is 1. The largest absolute Gasteiger partial charge is 0.506 e. The Morgan fingerprint density at radius 1 is 0.964 bits per heavy atom. The average Bonchev–Trinajstić information content (AvgIpc) is 2.68. The smallest absolute Gasteiger partial charge is 0.260 e. The summed E-state index contributed by atoms with van der Waals surface area (Å²) >= 11 is 5.96. The number of amides is 1. The summed E-state index contributed by atoms with van der Waals surface area (Å²) < 4.78 is 0. The number of aromatic amines is 1. The fraction of sp³-hybridized carbons (Fsp3) is 0. The molecule has 3 aromatic carbocycles. The van der Waals surface area contributed by atoms with Gasteiger partial charge in [-0.2, -0.15) is 0 Å². The molecule has 1 aromatic heterocycles. The van der Waals surface area contributed by atoms with E-state index < -0.39 is 5.56 Å². The van der Waals surface area contributed by atoms with Crippen LogP contribution in [0.1, 0.15) is 10.4 Å². The van der Waals surface area contributed by atoms with E-state index in [0.717, 1.165) is 0 Å². The number of H-pyrrole nitrogens is 1. The fourth-order valence-electron chi connectivity index (χ4n) is 3.07. The van der Waals surface area contributed by atoms with Crippen LogP contribution in [0.15, 0.2) is 77.6 Å². The number of fused-ring (bicyclic) bond motifs is 1. The number of anilines is 1. The SMILES string of the molecule is O=C(Nc1cccc(-c2c(O)c3ccc(Cl)cc3[nH]c2=O)c1)c1ccccc1. The zero-order valence-corrected chi connectivity index (χ0v) is 15.3. The molecular weight excluding hydrogens is 376 g/mol. The molecule has 138 valence electrons. The van der Waals surface area contributed by atoms with Gasteiger partial charge in [0.05, 0.1) is 11.1 Å². The predicted octanol–water partition coefficient (Wildman–Crippen LogP) is 4.81. The van der Waals surface area contributed by atoms with Gasteiger partial charge in [0.25, 0.3) is 11.5 Å². The van der Waals surface area contributed by atoms with Gasteiger partial charge < -0.3 is 15.4 Å². The third kappa shape index (κ3) is 3.35. The summed E-state index contributed by atoms with van der Waals surface area (Å²) in [7, 11) is 0. The molecule has 6 heteroatoms. The second kappa shape index (κ2) is 7.21. The van der Waals surface area contributed by atoms with E-state index in [0.29, 0.717) is 32.7 Å². The number of hydrogen-bond acceptors (Lipinski definition) is 3. The Morgan fingerprint density at radius 2 is 1.75 bits per heavy atom. The van der Waals surface area contributed by atoms with Gasteiger partial charge in [-0.3, -0.25) is 9.59 Å². The molecule has 5 nitrogen and oxygen atoms in total. The minimum absolute atomic E-state index is 0.130. The monoisotopic (exact) mass is 390 g/mol. The molecule has 0 saturated carbocycles. The Balaban J connectivity index is 1.75. The fourth-order valence-corrected chi connectivity index (χ4v) is 3.24. The highest BCUT2D eigenvalue weighted by Crippen LogP contribution is 2.33. The van der Waals surface area contributed by atoms with E-state index >= 15 is 0 Å². The minimum atomic E-state index is -0.446. The number of rotatable bonds is 3. The summed E-state index contributed by atoms with van der Waals surface area (Å²) in [6.45, 7) is 0. The van der Waals surface area contributed by atoms with Crippen LogP contribution in [0.5, 0.6) is 5.75 Å². The van der Waals surface area contributed by atoms with Gasteiger partial charge in [-0.15, -0.1) is 0 Å². The first-order valence-electron chi connectivity index (χ1n) is 8.54. The van der Waals surface area contributed by atoms with Gasteiger partial charge in [0.2, 0.25) is 0 Å². The highest BCUT2D eigenvalue weighted by Gasteiger charge is 2.15. The first-order chi connectivity index (χ1) is 13.5. The Bertz CT molecular complexity index is 1250. The second-order valence-corrected chi connectivity index (χ2v) is 6.71. The third-order valence-electron chi connectivity index (χ3n) is 4.39. The molecule has 4 aromatic rings. The summed E-state index contributed by atoms with van der Waals surface area (Å²) in [5.41, 5.74) is 1.66. The van der Waals surface area contributed by atoms with Crippen LogP contribution in [0.25, 0.3) is 22.0 Å². The molecule has 0 fully saturated rings. The van der Waals surface area contributed by atoms with E-state index in [4.69, 9.17) is 11.6 Å². The molecule has 1 heterocycles. The Hall–Kier alpha value is -3.57. The van der Waals surface area contributed by atoms with Crippen LogP contribution in [0.3, 0.4) is 0 Å². The van der Waals surface area contributed by atoms with Crippen molar-refractivity contribution in [2.75, 3.05) is 5.32 Å². The van der Waals surface area contributed by atoms with Crippen molar-refractivity contribution in [2.24, 2.45) is 0 Å². The third-order valence-corrected chi connectivity index (χ3v) is 4.63. The van der Waals surface area contributed by atoms with Crippen molar-refractivity contribution >= 4 is 34.1 Å². The summed E-state index contributed by atoms with van der Waals surface area (Å²) in [5, 5.41) is 14.4. The molecule has 0 unspecified atom stereocenters. The molecule has 0 aliphatic rings. The van der Waals surface area contributed by atoms with Crippen LogP contribution in [-0.4, -0.2) is 16.0 Å². The number of nitrogens with one attached hydrogen (secondary N) is 2. The molecule has 0 saturated heterocycles. The molecule has 0 radical (unpaired) electrons. The molecular formula is C22H15ClN2O3. The van der Waals surface area contributed by atoms with E-state index in [2.05, 4.69) is 10.3 Å². The molecule has 4 rings (SSSR count). The molecule has 3 N–H and O–H groups in total. The van der Waals surface area contributed by atoms with Crippen LogP contribution in [0.4, 0.5) is 5.69 Å². The number of halogens is 1. The summed E-state index contributed by atoms with van der Waals surface area (Å²) in [6.07, 6.45) is 0. The van der Waals surface area contributed by atoms with Crippen molar-refractivity contribution < 1.29 is 9.90 Å². The van der Waals surface area contributed by atoms with E-state index in [1.54, 1.807) is 66.7 Å². The predicted molar refractivity (Wildman–Crippen MR) is 111 cm³/mol. The van der Waals surface area contributed by atoms with Gasteiger partial charge in [0.1, 0.15) is 5.75 Å². The van der Waals surface area contributed by atoms with Gasteiger partial charge in [0.15, 0.2) is 0 Å². The normalized spacial score (nSPS) is 10.8. The average molecular weight is 391 g/mol. The molecule has 0 atom stereocenters. The molecule has 0 aliphatic carbocycles. The summed E-state index contributed by atoms with van der Waals surface area (Å²) in [6, 6.07) is 20.5. The standard InChI is InChI=1S/C22H15ClN2O3/c23-15-9-10-17-18(12-15)25-22(28)19(20(17)26)14-7-4-8-16(11-14)24-21(27)13-5-2-1-3-6-13/h1-12H,(H,24,27)(H2,25,26,28). The van der Waals surface area contributed by atoms with E-state index in [9.17, 15) is 14.7 Å². The highest BCUT2D eigenvalue weighted by molar-refractivity contribution is 6.31. The first kappa shape index (κ1) is 17.8. The molecule has 1 amide bonds. The number of carbonyl (C=O) groups is 1. The zero-order chi connectivity index (χ0) is 19.7. The van der Waals surface area contributed by atoms with Crippen LogP contribution < -0.4 is 10.9 Å². The molecule has 0 aliphatic heterocycles. The zero-order valence-electron chi connectivity index (χ0n) is 14.6. The Kier molecular flexibility index (Phi) is 4.59. The van der Waals surface area contributed by atoms with Gasteiger partial charge in [-0.05, 0) is 48.0 Å². The molecule has 28 heavy (non-hydrogen) atoms. The molecule has 0 spiro atoms. The second-order valence-electron chi connectivity index (χ2n) is 6.27. The summed E-state index contributed by atoms with van der Waals surface area (Å²) in [4.78, 5) is 27.7. The lowest BCUT2D eigenvalue weighted by Gasteiger charge is -2.10.